The lowest BCUT2D eigenvalue weighted by Crippen LogP contribution is -2.40. The van der Waals surface area contributed by atoms with Gasteiger partial charge in [-0.25, -0.2) is 4.39 Å². The number of piperidine rings is 1. The fraction of sp³-hybridized carbons (Fsp3) is 0.500. The van der Waals surface area contributed by atoms with Gasteiger partial charge in [0.05, 0.1) is 5.92 Å². The average Bonchev–Trinajstić information content (AvgIpc) is 2.38. The van der Waals surface area contributed by atoms with Gasteiger partial charge in [0.15, 0.2) is 0 Å². The molecule has 1 aromatic rings. The third kappa shape index (κ3) is 3.04. The lowest BCUT2D eigenvalue weighted by molar-refractivity contribution is -0.143. The molecular formula is C14H18FNO3. The van der Waals surface area contributed by atoms with E-state index in [1.807, 2.05) is 11.8 Å². The molecule has 0 spiro atoms. The van der Waals surface area contributed by atoms with Crippen LogP contribution in [0.3, 0.4) is 0 Å². The number of hydrogen-bond acceptors (Lipinski definition) is 3. The molecule has 2 rings (SSSR count). The second-order valence-corrected chi connectivity index (χ2v) is 5.05. The zero-order valence-corrected chi connectivity index (χ0v) is 10.8. The maximum absolute atomic E-state index is 13.0. The maximum Gasteiger partial charge on any atom is 0.307 e. The molecule has 1 saturated heterocycles. The summed E-state index contributed by atoms with van der Waals surface area (Å²) in [4.78, 5) is 13.1. The summed E-state index contributed by atoms with van der Waals surface area (Å²) >= 11 is 0. The molecule has 0 bridgehead atoms. The Hall–Kier alpha value is -1.62. The lowest BCUT2D eigenvalue weighted by Gasteiger charge is -2.35. The van der Waals surface area contributed by atoms with Crippen LogP contribution in [0.1, 0.15) is 31.4 Å². The standard InChI is InChI=1S/C14H18FNO3/c1-9(12-5-4-11(15)7-13(12)17)16-6-2-3-10(8-16)14(18)19/h4-5,7,9-10,17H,2-3,6,8H2,1H3,(H,18,19). The first-order valence-corrected chi connectivity index (χ1v) is 6.44. The molecule has 2 N–H and O–H groups in total. The maximum atomic E-state index is 13.0. The van der Waals surface area contributed by atoms with Crippen LogP contribution < -0.4 is 0 Å². The van der Waals surface area contributed by atoms with Gasteiger partial charge in [-0.05, 0) is 32.4 Å². The summed E-state index contributed by atoms with van der Waals surface area (Å²) in [5.74, 6) is -1.69. The Bertz CT molecular complexity index is 478. The van der Waals surface area contributed by atoms with Crippen LogP contribution in [0.2, 0.25) is 0 Å². The second kappa shape index (κ2) is 5.57. The fourth-order valence-electron chi connectivity index (χ4n) is 2.63. The number of carboxylic acids is 1. The van der Waals surface area contributed by atoms with Gasteiger partial charge < -0.3 is 10.2 Å². The van der Waals surface area contributed by atoms with Crippen molar-refractivity contribution in [2.24, 2.45) is 5.92 Å². The molecule has 1 fully saturated rings. The highest BCUT2D eigenvalue weighted by Crippen LogP contribution is 2.31. The Morgan fingerprint density at radius 1 is 1.53 bits per heavy atom. The van der Waals surface area contributed by atoms with Gasteiger partial charge in [0.1, 0.15) is 11.6 Å². The van der Waals surface area contributed by atoms with Gasteiger partial charge in [0.25, 0.3) is 0 Å². The largest absolute Gasteiger partial charge is 0.508 e. The molecule has 0 radical (unpaired) electrons. The van der Waals surface area contributed by atoms with Crippen LogP contribution in [0.5, 0.6) is 5.75 Å². The second-order valence-electron chi connectivity index (χ2n) is 5.05. The summed E-state index contributed by atoms with van der Waals surface area (Å²) in [6.45, 7) is 3.16. The van der Waals surface area contributed by atoms with Gasteiger partial charge in [-0.3, -0.25) is 9.69 Å². The van der Waals surface area contributed by atoms with Gasteiger partial charge in [-0.2, -0.15) is 0 Å². The third-order valence-corrected chi connectivity index (χ3v) is 3.79. The quantitative estimate of drug-likeness (QED) is 0.882. The van der Waals surface area contributed by atoms with Crippen LogP contribution in [0.25, 0.3) is 0 Å². The summed E-state index contributed by atoms with van der Waals surface area (Å²) in [6, 6.07) is 3.83. The number of rotatable bonds is 3. The first kappa shape index (κ1) is 13.8. The molecule has 5 heteroatoms. The number of hydrogen-bond donors (Lipinski definition) is 2. The molecule has 4 nitrogen and oxygen atoms in total. The number of aliphatic carboxylic acids is 1. The Morgan fingerprint density at radius 2 is 2.26 bits per heavy atom. The summed E-state index contributed by atoms with van der Waals surface area (Å²) < 4.78 is 13.0. The van der Waals surface area contributed by atoms with Crippen LogP contribution in [0.15, 0.2) is 18.2 Å². The Kier molecular flexibility index (Phi) is 4.04. The molecule has 2 atom stereocenters. The zero-order chi connectivity index (χ0) is 14.0. The van der Waals surface area contributed by atoms with E-state index in [0.717, 1.165) is 19.0 Å². The monoisotopic (exact) mass is 267 g/mol. The van der Waals surface area contributed by atoms with Crippen LogP contribution >= 0.6 is 0 Å². The molecule has 0 aromatic heterocycles. The fourth-order valence-corrected chi connectivity index (χ4v) is 2.63. The average molecular weight is 267 g/mol. The Morgan fingerprint density at radius 3 is 2.89 bits per heavy atom. The first-order chi connectivity index (χ1) is 8.99. The van der Waals surface area contributed by atoms with Gasteiger partial charge in [0.2, 0.25) is 0 Å². The minimum atomic E-state index is -0.778. The first-order valence-electron chi connectivity index (χ1n) is 6.44. The van der Waals surface area contributed by atoms with Crippen molar-refractivity contribution in [1.82, 2.24) is 4.90 Å². The van der Waals surface area contributed by atoms with Crippen molar-refractivity contribution in [3.8, 4) is 5.75 Å². The molecule has 0 aliphatic carbocycles. The van der Waals surface area contributed by atoms with E-state index >= 15 is 0 Å². The van der Waals surface area contributed by atoms with E-state index in [9.17, 15) is 14.3 Å². The SMILES string of the molecule is CC(c1ccc(F)cc1O)N1CCCC(C(=O)O)C1. The molecule has 2 unspecified atom stereocenters. The van der Waals surface area contributed by atoms with Gasteiger partial charge in [-0.1, -0.05) is 6.07 Å². The minimum Gasteiger partial charge on any atom is -0.508 e. The molecule has 0 amide bonds. The van der Waals surface area contributed by atoms with Gasteiger partial charge in [-0.15, -0.1) is 0 Å². The predicted molar refractivity (Wildman–Crippen MR) is 68.4 cm³/mol. The predicted octanol–water partition coefficient (Wildman–Crippen LogP) is 2.39. The summed E-state index contributed by atoms with van der Waals surface area (Å²) in [5, 5.41) is 18.9. The summed E-state index contributed by atoms with van der Waals surface area (Å²) in [5.41, 5.74) is 0.632. The third-order valence-electron chi connectivity index (χ3n) is 3.79. The minimum absolute atomic E-state index is 0.0788. The number of phenols is 1. The van der Waals surface area contributed by atoms with E-state index < -0.39 is 11.8 Å². The number of benzene rings is 1. The Labute approximate surface area is 111 Å². The van der Waals surface area contributed by atoms with Crippen LogP contribution in [0.4, 0.5) is 4.39 Å². The van der Waals surface area contributed by atoms with E-state index in [4.69, 9.17) is 5.11 Å². The smallest absolute Gasteiger partial charge is 0.307 e. The van der Waals surface area contributed by atoms with Gasteiger partial charge in [0, 0.05) is 24.2 Å². The molecule has 1 heterocycles. The van der Waals surface area contributed by atoms with Crippen molar-refractivity contribution in [3.63, 3.8) is 0 Å². The summed E-state index contributed by atoms with van der Waals surface area (Å²) in [7, 11) is 0. The normalized spacial score (nSPS) is 22.1. The molecule has 19 heavy (non-hydrogen) atoms. The van der Waals surface area contributed by atoms with Crippen molar-refractivity contribution < 1.29 is 19.4 Å². The van der Waals surface area contributed by atoms with Crippen LogP contribution in [-0.2, 0) is 4.79 Å². The molecule has 104 valence electrons. The topological polar surface area (TPSA) is 60.8 Å². The van der Waals surface area contributed by atoms with Crippen molar-refractivity contribution in [2.75, 3.05) is 13.1 Å². The van der Waals surface area contributed by atoms with Crippen LogP contribution in [0, 0.1) is 11.7 Å². The van der Waals surface area contributed by atoms with Gasteiger partial charge >= 0.3 is 5.97 Å². The van der Waals surface area contributed by atoms with Crippen molar-refractivity contribution in [2.45, 2.75) is 25.8 Å². The van der Waals surface area contributed by atoms with E-state index in [0.29, 0.717) is 18.5 Å². The number of nitrogens with zero attached hydrogens (tertiary/aromatic N) is 1. The highest BCUT2D eigenvalue weighted by molar-refractivity contribution is 5.70. The molecule has 1 aromatic carbocycles. The van der Waals surface area contributed by atoms with E-state index in [-0.39, 0.29) is 17.7 Å². The van der Waals surface area contributed by atoms with E-state index in [1.54, 1.807) is 6.07 Å². The Balaban J connectivity index is 2.14. The van der Waals surface area contributed by atoms with Crippen molar-refractivity contribution >= 4 is 5.97 Å². The number of carbonyl (C=O) groups is 1. The van der Waals surface area contributed by atoms with Crippen molar-refractivity contribution in [3.05, 3.63) is 29.6 Å². The zero-order valence-electron chi connectivity index (χ0n) is 10.8. The molecule has 0 saturated carbocycles. The van der Waals surface area contributed by atoms with Crippen LogP contribution in [-0.4, -0.2) is 34.2 Å². The number of likely N-dealkylation sites (tertiary alicyclic amines) is 1. The van der Waals surface area contributed by atoms with E-state index in [1.165, 1.54) is 6.07 Å². The summed E-state index contributed by atoms with van der Waals surface area (Å²) in [6.07, 6.45) is 1.51. The van der Waals surface area contributed by atoms with Crippen molar-refractivity contribution in [1.29, 1.82) is 0 Å². The highest BCUT2D eigenvalue weighted by atomic mass is 19.1. The number of phenolic OH excluding ortho intramolecular Hbond substituents is 1. The number of carboxylic acid groups (broad SMARTS) is 1. The molecular weight excluding hydrogens is 249 g/mol. The van der Waals surface area contributed by atoms with E-state index in [2.05, 4.69) is 0 Å². The number of aromatic hydroxyl groups is 1. The molecule has 1 aliphatic rings. The highest BCUT2D eigenvalue weighted by Gasteiger charge is 2.29. The molecule has 1 aliphatic heterocycles. The number of halogens is 1. The lowest BCUT2D eigenvalue weighted by atomic mass is 9.95.